The minimum absolute atomic E-state index is 0.391. The second-order valence-electron chi connectivity index (χ2n) is 5.83. The van der Waals surface area contributed by atoms with Crippen LogP contribution < -0.4 is 5.32 Å². The van der Waals surface area contributed by atoms with Crippen LogP contribution in [0.1, 0.15) is 56.7 Å². The molecule has 1 aromatic rings. The highest BCUT2D eigenvalue weighted by Gasteiger charge is 2.28. The molecule has 1 aromatic heterocycles. The Balaban J connectivity index is 1.49. The maximum Gasteiger partial charge on any atom is 0.229 e. The topological polar surface area (TPSA) is 51.0 Å². The van der Waals surface area contributed by atoms with Gasteiger partial charge in [0.05, 0.1) is 5.75 Å². The van der Waals surface area contributed by atoms with E-state index in [0.29, 0.717) is 11.8 Å². The molecule has 0 radical (unpaired) electrons. The Kier molecular flexibility index (Phi) is 4.43. The first kappa shape index (κ1) is 13.4. The Labute approximate surface area is 119 Å². The standard InChI is InChI=1S/C14H23N3OS/c1-10(11-7-15-8-11)14-16-13(17-18-14)9-19-12-5-3-2-4-6-12/h10-12,15H,2-9H2,1H3. The number of nitrogens with one attached hydrogen (secondary N) is 1. The van der Waals surface area contributed by atoms with E-state index >= 15 is 0 Å². The average molecular weight is 281 g/mol. The monoisotopic (exact) mass is 281 g/mol. The second-order valence-corrected chi connectivity index (χ2v) is 7.12. The van der Waals surface area contributed by atoms with Crippen molar-refractivity contribution in [2.45, 2.75) is 55.9 Å². The van der Waals surface area contributed by atoms with Crippen molar-refractivity contribution in [3.8, 4) is 0 Å². The molecule has 2 heterocycles. The molecule has 1 unspecified atom stereocenters. The third-order valence-electron chi connectivity index (χ3n) is 4.39. The highest BCUT2D eigenvalue weighted by molar-refractivity contribution is 7.99. The van der Waals surface area contributed by atoms with Crippen LogP contribution in [0.4, 0.5) is 0 Å². The second kappa shape index (κ2) is 6.27. The Morgan fingerprint density at radius 2 is 2.11 bits per heavy atom. The van der Waals surface area contributed by atoms with E-state index in [1.54, 1.807) is 0 Å². The van der Waals surface area contributed by atoms with Crippen LogP contribution in [0.15, 0.2) is 4.52 Å². The first-order valence-corrected chi connectivity index (χ1v) is 8.52. The van der Waals surface area contributed by atoms with Gasteiger partial charge in [0, 0.05) is 11.2 Å². The molecule has 1 atom stereocenters. The van der Waals surface area contributed by atoms with E-state index in [4.69, 9.17) is 4.52 Å². The molecule has 0 spiro atoms. The molecule has 0 amide bonds. The Bertz CT molecular complexity index is 399. The van der Waals surface area contributed by atoms with E-state index in [1.165, 1.54) is 32.1 Å². The number of hydrogen-bond acceptors (Lipinski definition) is 5. The Morgan fingerprint density at radius 1 is 1.32 bits per heavy atom. The summed E-state index contributed by atoms with van der Waals surface area (Å²) in [5.41, 5.74) is 0. The fourth-order valence-electron chi connectivity index (χ4n) is 2.80. The van der Waals surface area contributed by atoms with Gasteiger partial charge in [-0.15, -0.1) is 0 Å². The summed E-state index contributed by atoms with van der Waals surface area (Å²) in [7, 11) is 0. The van der Waals surface area contributed by atoms with Gasteiger partial charge >= 0.3 is 0 Å². The molecule has 4 nitrogen and oxygen atoms in total. The number of hydrogen-bond donors (Lipinski definition) is 1. The van der Waals surface area contributed by atoms with Gasteiger partial charge < -0.3 is 9.84 Å². The molecular formula is C14H23N3OS. The van der Waals surface area contributed by atoms with Crippen molar-refractivity contribution in [1.29, 1.82) is 0 Å². The average Bonchev–Trinajstić information content (AvgIpc) is 2.84. The Morgan fingerprint density at radius 3 is 2.79 bits per heavy atom. The van der Waals surface area contributed by atoms with Crippen LogP contribution >= 0.6 is 11.8 Å². The lowest BCUT2D eigenvalue weighted by Crippen LogP contribution is -2.44. The lowest BCUT2D eigenvalue weighted by atomic mass is 9.89. The molecule has 1 aliphatic carbocycles. The highest BCUT2D eigenvalue weighted by Crippen LogP contribution is 2.31. The maximum absolute atomic E-state index is 5.42. The predicted molar refractivity (Wildman–Crippen MR) is 77.2 cm³/mol. The lowest BCUT2D eigenvalue weighted by Gasteiger charge is -2.30. The van der Waals surface area contributed by atoms with Gasteiger partial charge in [-0.05, 0) is 31.8 Å². The van der Waals surface area contributed by atoms with E-state index in [9.17, 15) is 0 Å². The molecule has 1 N–H and O–H groups in total. The summed E-state index contributed by atoms with van der Waals surface area (Å²) >= 11 is 2.01. The molecule has 1 saturated carbocycles. The van der Waals surface area contributed by atoms with Crippen molar-refractivity contribution in [2.24, 2.45) is 5.92 Å². The number of nitrogens with zero attached hydrogens (tertiary/aromatic N) is 2. The van der Waals surface area contributed by atoms with Crippen LogP contribution in [-0.2, 0) is 5.75 Å². The van der Waals surface area contributed by atoms with E-state index in [0.717, 1.165) is 35.8 Å². The minimum atomic E-state index is 0.391. The molecule has 2 fully saturated rings. The van der Waals surface area contributed by atoms with Crippen molar-refractivity contribution in [3.05, 3.63) is 11.7 Å². The van der Waals surface area contributed by atoms with Crippen molar-refractivity contribution in [3.63, 3.8) is 0 Å². The maximum atomic E-state index is 5.42. The zero-order chi connectivity index (χ0) is 13.1. The summed E-state index contributed by atoms with van der Waals surface area (Å²) in [4.78, 5) is 4.57. The van der Waals surface area contributed by atoms with Crippen molar-refractivity contribution >= 4 is 11.8 Å². The van der Waals surface area contributed by atoms with Crippen LogP contribution in [0, 0.1) is 5.92 Å². The van der Waals surface area contributed by atoms with Gasteiger partial charge in [-0.2, -0.15) is 16.7 Å². The van der Waals surface area contributed by atoms with Crippen molar-refractivity contribution < 1.29 is 4.52 Å². The number of thioether (sulfide) groups is 1. The molecule has 19 heavy (non-hydrogen) atoms. The molecule has 1 saturated heterocycles. The third kappa shape index (κ3) is 3.31. The summed E-state index contributed by atoms with van der Waals surface area (Å²) in [6.07, 6.45) is 6.91. The molecule has 0 aromatic carbocycles. The van der Waals surface area contributed by atoms with Crippen LogP contribution in [0.25, 0.3) is 0 Å². The van der Waals surface area contributed by atoms with Gasteiger partial charge in [0.2, 0.25) is 5.89 Å². The van der Waals surface area contributed by atoms with Gasteiger partial charge in [-0.3, -0.25) is 0 Å². The third-order valence-corrected chi connectivity index (χ3v) is 5.76. The van der Waals surface area contributed by atoms with Gasteiger partial charge in [-0.25, -0.2) is 0 Å². The van der Waals surface area contributed by atoms with Gasteiger partial charge in [-0.1, -0.05) is 31.3 Å². The molecule has 2 aliphatic rings. The molecule has 1 aliphatic heterocycles. The first-order valence-electron chi connectivity index (χ1n) is 7.47. The van der Waals surface area contributed by atoms with E-state index < -0.39 is 0 Å². The molecule has 3 rings (SSSR count). The molecule has 106 valence electrons. The molecular weight excluding hydrogens is 258 g/mol. The van der Waals surface area contributed by atoms with E-state index in [2.05, 4.69) is 22.4 Å². The van der Waals surface area contributed by atoms with Crippen LogP contribution in [0.2, 0.25) is 0 Å². The number of rotatable bonds is 5. The fourth-order valence-corrected chi connectivity index (χ4v) is 3.97. The SMILES string of the molecule is CC(c1nc(CSC2CCCCC2)no1)C1CNC1. The first-order chi connectivity index (χ1) is 9.33. The molecule has 5 heteroatoms. The van der Waals surface area contributed by atoms with E-state index in [1.807, 2.05) is 11.8 Å². The van der Waals surface area contributed by atoms with Crippen LogP contribution in [0.5, 0.6) is 0 Å². The summed E-state index contributed by atoms with van der Waals surface area (Å²) in [6, 6.07) is 0. The normalized spacial score (nSPS) is 23.2. The quantitative estimate of drug-likeness (QED) is 0.899. The predicted octanol–water partition coefficient (Wildman–Crippen LogP) is 2.96. The summed E-state index contributed by atoms with van der Waals surface area (Å²) in [5.74, 6) is 3.67. The van der Waals surface area contributed by atoms with Crippen molar-refractivity contribution in [2.75, 3.05) is 13.1 Å². The smallest absolute Gasteiger partial charge is 0.229 e. The Hall–Kier alpha value is -0.550. The fraction of sp³-hybridized carbons (Fsp3) is 0.857. The largest absolute Gasteiger partial charge is 0.339 e. The summed E-state index contributed by atoms with van der Waals surface area (Å²) in [5, 5.41) is 8.24. The highest BCUT2D eigenvalue weighted by atomic mass is 32.2. The van der Waals surface area contributed by atoms with Gasteiger partial charge in [0.25, 0.3) is 0 Å². The number of aromatic nitrogens is 2. The van der Waals surface area contributed by atoms with Gasteiger partial charge in [0.1, 0.15) is 0 Å². The van der Waals surface area contributed by atoms with Crippen LogP contribution in [0.3, 0.4) is 0 Å². The summed E-state index contributed by atoms with van der Waals surface area (Å²) < 4.78 is 5.42. The summed E-state index contributed by atoms with van der Waals surface area (Å²) in [6.45, 7) is 4.35. The zero-order valence-corrected chi connectivity index (χ0v) is 12.4. The lowest BCUT2D eigenvalue weighted by molar-refractivity contribution is 0.252. The molecule has 0 bridgehead atoms. The zero-order valence-electron chi connectivity index (χ0n) is 11.6. The van der Waals surface area contributed by atoms with Crippen LogP contribution in [-0.4, -0.2) is 28.5 Å². The van der Waals surface area contributed by atoms with Gasteiger partial charge in [0.15, 0.2) is 5.82 Å². The minimum Gasteiger partial charge on any atom is -0.339 e. The van der Waals surface area contributed by atoms with Crippen molar-refractivity contribution in [1.82, 2.24) is 15.5 Å². The van der Waals surface area contributed by atoms with E-state index in [-0.39, 0.29) is 0 Å².